The molecule has 0 amide bonds. The standard InChI is InChI=1S/C15H21N3/c1-11(2)14-10-13(5-6-16-14)9-12(3)15-17-7-8-18(15)4/h5-8,10-12H,9H2,1-4H3. The molecule has 0 saturated heterocycles. The van der Waals surface area contributed by atoms with Gasteiger partial charge in [0.15, 0.2) is 0 Å². The molecule has 0 aromatic carbocycles. The molecule has 0 aliphatic carbocycles. The highest BCUT2D eigenvalue weighted by Gasteiger charge is 2.12. The number of aromatic nitrogens is 3. The van der Waals surface area contributed by atoms with Crippen LogP contribution in [0.1, 0.15) is 49.7 Å². The van der Waals surface area contributed by atoms with E-state index in [1.54, 1.807) is 0 Å². The zero-order chi connectivity index (χ0) is 13.1. The minimum atomic E-state index is 0.424. The van der Waals surface area contributed by atoms with Gasteiger partial charge in [0.25, 0.3) is 0 Å². The average Bonchev–Trinajstić information content (AvgIpc) is 2.76. The van der Waals surface area contributed by atoms with Crippen LogP contribution in [0.15, 0.2) is 30.7 Å². The molecule has 96 valence electrons. The van der Waals surface area contributed by atoms with Crippen LogP contribution in [0.4, 0.5) is 0 Å². The van der Waals surface area contributed by atoms with Gasteiger partial charge in [0, 0.05) is 37.3 Å². The number of aryl methyl sites for hydroxylation is 1. The molecule has 0 fully saturated rings. The molecule has 0 N–H and O–H groups in total. The van der Waals surface area contributed by atoms with Crippen molar-refractivity contribution < 1.29 is 0 Å². The molecule has 18 heavy (non-hydrogen) atoms. The highest BCUT2D eigenvalue weighted by Crippen LogP contribution is 2.20. The maximum absolute atomic E-state index is 4.42. The second-order valence-electron chi connectivity index (χ2n) is 5.25. The van der Waals surface area contributed by atoms with Crippen LogP contribution in [-0.4, -0.2) is 14.5 Å². The first-order valence-corrected chi connectivity index (χ1v) is 6.50. The third kappa shape index (κ3) is 2.78. The zero-order valence-corrected chi connectivity index (χ0v) is 11.6. The van der Waals surface area contributed by atoms with Gasteiger partial charge in [-0.15, -0.1) is 0 Å². The Bertz CT molecular complexity index is 514. The largest absolute Gasteiger partial charge is 0.338 e. The van der Waals surface area contributed by atoms with E-state index < -0.39 is 0 Å². The summed E-state index contributed by atoms with van der Waals surface area (Å²) in [5, 5.41) is 0. The van der Waals surface area contributed by atoms with Crippen molar-refractivity contribution in [3.63, 3.8) is 0 Å². The Morgan fingerprint density at radius 3 is 2.56 bits per heavy atom. The Morgan fingerprint density at radius 1 is 1.17 bits per heavy atom. The van der Waals surface area contributed by atoms with Crippen LogP contribution in [0.3, 0.4) is 0 Å². The lowest BCUT2D eigenvalue weighted by Crippen LogP contribution is -2.06. The lowest BCUT2D eigenvalue weighted by molar-refractivity contribution is 0.655. The highest BCUT2D eigenvalue weighted by molar-refractivity contribution is 5.20. The van der Waals surface area contributed by atoms with Gasteiger partial charge in [-0.1, -0.05) is 20.8 Å². The summed E-state index contributed by atoms with van der Waals surface area (Å²) >= 11 is 0. The number of rotatable bonds is 4. The van der Waals surface area contributed by atoms with E-state index in [9.17, 15) is 0 Å². The molecular formula is C15H21N3. The molecule has 2 aromatic rings. The Labute approximate surface area is 109 Å². The van der Waals surface area contributed by atoms with Gasteiger partial charge in [0.1, 0.15) is 5.82 Å². The second kappa shape index (κ2) is 5.34. The summed E-state index contributed by atoms with van der Waals surface area (Å²) in [5.41, 5.74) is 2.50. The first-order valence-electron chi connectivity index (χ1n) is 6.50. The third-order valence-corrected chi connectivity index (χ3v) is 3.28. The summed E-state index contributed by atoms with van der Waals surface area (Å²) in [5.74, 6) is 2.04. The van der Waals surface area contributed by atoms with Gasteiger partial charge in [0.2, 0.25) is 0 Å². The quantitative estimate of drug-likeness (QED) is 0.825. The van der Waals surface area contributed by atoms with E-state index in [-0.39, 0.29) is 0 Å². The SMILES string of the molecule is CC(C)c1cc(CC(C)c2nccn2C)ccn1. The number of imidazole rings is 1. The lowest BCUT2D eigenvalue weighted by atomic mass is 9.99. The molecular weight excluding hydrogens is 222 g/mol. The first-order chi connectivity index (χ1) is 8.58. The molecule has 1 atom stereocenters. The molecule has 0 bridgehead atoms. The predicted molar refractivity (Wildman–Crippen MR) is 73.7 cm³/mol. The van der Waals surface area contributed by atoms with Crippen LogP contribution in [0.5, 0.6) is 0 Å². The number of nitrogens with zero attached hydrogens (tertiary/aromatic N) is 3. The van der Waals surface area contributed by atoms with Gasteiger partial charge >= 0.3 is 0 Å². The Hall–Kier alpha value is -1.64. The third-order valence-electron chi connectivity index (χ3n) is 3.28. The van der Waals surface area contributed by atoms with Crippen LogP contribution in [0.25, 0.3) is 0 Å². The van der Waals surface area contributed by atoms with Crippen molar-refractivity contribution in [1.82, 2.24) is 14.5 Å². The van der Waals surface area contributed by atoms with E-state index in [2.05, 4.69) is 47.4 Å². The molecule has 0 aliphatic heterocycles. The van der Waals surface area contributed by atoms with Crippen LogP contribution in [-0.2, 0) is 13.5 Å². The van der Waals surface area contributed by atoms with E-state index >= 15 is 0 Å². The van der Waals surface area contributed by atoms with Crippen LogP contribution in [0.2, 0.25) is 0 Å². The maximum Gasteiger partial charge on any atom is 0.111 e. The summed E-state index contributed by atoms with van der Waals surface area (Å²) in [6.45, 7) is 6.57. The van der Waals surface area contributed by atoms with E-state index in [0.29, 0.717) is 11.8 Å². The Morgan fingerprint density at radius 2 is 1.94 bits per heavy atom. The van der Waals surface area contributed by atoms with Gasteiger partial charge in [-0.2, -0.15) is 0 Å². The molecule has 3 nitrogen and oxygen atoms in total. The molecule has 0 aliphatic rings. The number of hydrogen-bond acceptors (Lipinski definition) is 2. The monoisotopic (exact) mass is 243 g/mol. The van der Waals surface area contributed by atoms with Gasteiger partial charge < -0.3 is 4.57 Å². The Kier molecular flexibility index (Phi) is 3.80. The summed E-state index contributed by atoms with van der Waals surface area (Å²) in [6.07, 6.45) is 6.78. The van der Waals surface area contributed by atoms with Gasteiger partial charge in [-0.05, 0) is 30.0 Å². The van der Waals surface area contributed by atoms with Crippen molar-refractivity contribution in [2.45, 2.75) is 39.0 Å². The summed E-state index contributed by atoms with van der Waals surface area (Å²) < 4.78 is 2.09. The first kappa shape index (κ1) is 12.8. The maximum atomic E-state index is 4.42. The molecule has 0 radical (unpaired) electrons. The fourth-order valence-corrected chi connectivity index (χ4v) is 2.23. The minimum absolute atomic E-state index is 0.424. The molecule has 2 heterocycles. The fourth-order valence-electron chi connectivity index (χ4n) is 2.23. The van der Waals surface area contributed by atoms with Crippen molar-refractivity contribution in [3.8, 4) is 0 Å². The van der Waals surface area contributed by atoms with Gasteiger partial charge in [0.05, 0.1) is 0 Å². The highest BCUT2D eigenvalue weighted by atomic mass is 15.0. The van der Waals surface area contributed by atoms with E-state index in [1.807, 2.05) is 25.6 Å². The van der Waals surface area contributed by atoms with Crippen molar-refractivity contribution in [1.29, 1.82) is 0 Å². The van der Waals surface area contributed by atoms with E-state index in [4.69, 9.17) is 0 Å². The van der Waals surface area contributed by atoms with Crippen LogP contribution in [0, 0.1) is 0 Å². The predicted octanol–water partition coefficient (Wildman–Crippen LogP) is 3.28. The van der Waals surface area contributed by atoms with E-state index in [0.717, 1.165) is 12.2 Å². The zero-order valence-electron chi connectivity index (χ0n) is 11.6. The molecule has 0 spiro atoms. The van der Waals surface area contributed by atoms with Crippen LogP contribution >= 0.6 is 0 Å². The van der Waals surface area contributed by atoms with Gasteiger partial charge in [-0.3, -0.25) is 4.98 Å². The van der Waals surface area contributed by atoms with Gasteiger partial charge in [-0.25, -0.2) is 4.98 Å². The van der Waals surface area contributed by atoms with E-state index in [1.165, 1.54) is 11.3 Å². The van der Waals surface area contributed by atoms with Crippen molar-refractivity contribution >= 4 is 0 Å². The Balaban J connectivity index is 2.14. The summed E-state index contributed by atoms with van der Waals surface area (Å²) in [7, 11) is 2.05. The minimum Gasteiger partial charge on any atom is -0.338 e. The number of hydrogen-bond donors (Lipinski definition) is 0. The topological polar surface area (TPSA) is 30.7 Å². The molecule has 2 aromatic heterocycles. The summed E-state index contributed by atoms with van der Waals surface area (Å²) in [6, 6.07) is 4.31. The lowest BCUT2D eigenvalue weighted by Gasteiger charge is -2.13. The van der Waals surface area contributed by atoms with Crippen LogP contribution < -0.4 is 0 Å². The molecule has 3 heteroatoms. The number of pyridine rings is 1. The average molecular weight is 243 g/mol. The molecule has 1 unspecified atom stereocenters. The smallest absolute Gasteiger partial charge is 0.111 e. The summed E-state index contributed by atoms with van der Waals surface area (Å²) in [4.78, 5) is 8.82. The fraction of sp³-hybridized carbons (Fsp3) is 0.467. The van der Waals surface area contributed by atoms with Crippen molar-refractivity contribution in [2.24, 2.45) is 7.05 Å². The van der Waals surface area contributed by atoms with Crippen molar-refractivity contribution in [2.75, 3.05) is 0 Å². The molecule has 2 rings (SSSR count). The second-order valence-corrected chi connectivity index (χ2v) is 5.25. The van der Waals surface area contributed by atoms with Crippen molar-refractivity contribution in [3.05, 3.63) is 47.8 Å². The molecule has 0 saturated carbocycles. The normalized spacial score (nSPS) is 12.9.